The summed E-state index contributed by atoms with van der Waals surface area (Å²) in [5.74, 6) is -0.0435. The number of amides is 1. The first-order valence-corrected chi connectivity index (χ1v) is 5.82. The van der Waals surface area contributed by atoms with Gasteiger partial charge in [0.15, 0.2) is 0 Å². The minimum Gasteiger partial charge on any atom is -0.347 e. The van der Waals surface area contributed by atoms with E-state index in [4.69, 9.17) is 0 Å². The average Bonchev–Trinajstić information content (AvgIpc) is 2.46. The van der Waals surface area contributed by atoms with E-state index in [0.29, 0.717) is 11.6 Å². The number of hydrogen-bond donors (Lipinski definition) is 1. The Morgan fingerprint density at radius 3 is 2.69 bits per heavy atom. The molecular formula is C12H19N3O. The number of nitrogens with one attached hydrogen (secondary N) is 1. The maximum absolute atomic E-state index is 11.8. The Kier molecular flexibility index (Phi) is 2.74. The Hall–Kier alpha value is -1.32. The van der Waals surface area contributed by atoms with Crippen molar-refractivity contribution in [3.05, 3.63) is 18.0 Å². The molecule has 2 rings (SSSR count). The van der Waals surface area contributed by atoms with E-state index >= 15 is 0 Å². The van der Waals surface area contributed by atoms with E-state index in [1.165, 1.54) is 19.3 Å². The molecule has 0 saturated heterocycles. The molecule has 1 amide bonds. The zero-order chi connectivity index (χ0) is 11.8. The zero-order valence-electron chi connectivity index (χ0n) is 10.2. The van der Waals surface area contributed by atoms with E-state index in [1.54, 1.807) is 6.20 Å². The molecule has 0 atom stereocenters. The Morgan fingerprint density at radius 2 is 2.19 bits per heavy atom. The van der Waals surface area contributed by atoms with E-state index < -0.39 is 0 Å². The fraction of sp³-hybridized carbons (Fsp3) is 0.667. The van der Waals surface area contributed by atoms with E-state index in [0.717, 1.165) is 0 Å². The first-order valence-electron chi connectivity index (χ1n) is 5.82. The van der Waals surface area contributed by atoms with Crippen molar-refractivity contribution in [2.24, 2.45) is 0 Å². The van der Waals surface area contributed by atoms with Crippen LogP contribution in [0.2, 0.25) is 0 Å². The molecule has 1 aromatic rings. The van der Waals surface area contributed by atoms with Gasteiger partial charge >= 0.3 is 0 Å². The van der Waals surface area contributed by atoms with Crippen molar-refractivity contribution >= 4 is 5.91 Å². The van der Waals surface area contributed by atoms with Gasteiger partial charge in [-0.25, -0.2) is 0 Å². The van der Waals surface area contributed by atoms with Gasteiger partial charge < -0.3 is 5.32 Å². The van der Waals surface area contributed by atoms with Crippen LogP contribution in [0.4, 0.5) is 0 Å². The lowest BCUT2D eigenvalue weighted by Gasteiger charge is -2.25. The van der Waals surface area contributed by atoms with Crippen molar-refractivity contribution < 1.29 is 4.79 Å². The average molecular weight is 221 g/mol. The molecule has 1 aromatic heterocycles. The summed E-state index contributed by atoms with van der Waals surface area (Å²) in [6.45, 7) is 5.92. The standard InChI is InChI=1S/C12H19N3O/c1-12(2,3)14-11(16)9-7-13-15(8-9)10-5-4-6-10/h7-8,10H,4-6H2,1-3H3,(H,14,16). The predicted molar refractivity (Wildman–Crippen MR) is 62.3 cm³/mol. The molecule has 0 bridgehead atoms. The van der Waals surface area contributed by atoms with Gasteiger partial charge in [0.25, 0.3) is 5.91 Å². The van der Waals surface area contributed by atoms with Crippen molar-refractivity contribution in [2.45, 2.75) is 51.6 Å². The Bertz CT molecular complexity index is 385. The van der Waals surface area contributed by atoms with E-state index in [-0.39, 0.29) is 11.4 Å². The topological polar surface area (TPSA) is 46.9 Å². The molecule has 1 aliphatic carbocycles. The molecule has 0 aromatic carbocycles. The van der Waals surface area contributed by atoms with Crippen LogP contribution in [-0.2, 0) is 0 Å². The molecule has 4 heteroatoms. The van der Waals surface area contributed by atoms with Gasteiger partial charge in [-0.1, -0.05) is 0 Å². The summed E-state index contributed by atoms with van der Waals surface area (Å²) in [6.07, 6.45) is 7.14. The molecule has 1 N–H and O–H groups in total. The fourth-order valence-corrected chi connectivity index (χ4v) is 1.72. The number of nitrogens with zero attached hydrogens (tertiary/aromatic N) is 2. The highest BCUT2D eigenvalue weighted by atomic mass is 16.1. The third-order valence-corrected chi connectivity index (χ3v) is 2.80. The molecule has 4 nitrogen and oxygen atoms in total. The number of aromatic nitrogens is 2. The highest BCUT2D eigenvalue weighted by molar-refractivity contribution is 5.94. The predicted octanol–water partition coefficient (Wildman–Crippen LogP) is 2.14. The van der Waals surface area contributed by atoms with Gasteiger partial charge in [0, 0.05) is 11.7 Å². The Labute approximate surface area is 96.0 Å². The molecule has 1 heterocycles. The van der Waals surface area contributed by atoms with Gasteiger partial charge in [-0.3, -0.25) is 9.48 Å². The summed E-state index contributed by atoms with van der Waals surface area (Å²) in [5.41, 5.74) is 0.456. The highest BCUT2D eigenvalue weighted by Gasteiger charge is 2.22. The number of carbonyl (C=O) groups is 1. The fourth-order valence-electron chi connectivity index (χ4n) is 1.72. The second kappa shape index (κ2) is 3.92. The second-order valence-electron chi connectivity index (χ2n) is 5.50. The zero-order valence-corrected chi connectivity index (χ0v) is 10.2. The van der Waals surface area contributed by atoms with E-state index in [2.05, 4.69) is 10.4 Å². The lowest BCUT2D eigenvalue weighted by atomic mass is 9.93. The van der Waals surface area contributed by atoms with Gasteiger partial charge in [-0.15, -0.1) is 0 Å². The number of hydrogen-bond acceptors (Lipinski definition) is 2. The Morgan fingerprint density at radius 1 is 1.50 bits per heavy atom. The van der Waals surface area contributed by atoms with Crippen LogP contribution in [0.1, 0.15) is 56.4 Å². The van der Waals surface area contributed by atoms with Gasteiger partial charge in [0.05, 0.1) is 17.8 Å². The molecule has 1 aliphatic rings. The van der Waals surface area contributed by atoms with Crippen LogP contribution in [0.3, 0.4) is 0 Å². The summed E-state index contributed by atoms with van der Waals surface area (Å²) < 4.78 is 1.92. The first kappa shape index (κ1) is 11.2. The van der Waals surface area contributed by atoms with E-state index in [9.17, 15) is 4.79 Å². The normalized spacial score (nSPS) is 16.9. The summed E-state index contributed by atoms with van der Waals surface area (Å²) in [7, 11) is 0. The van der Waals surface area contributed by atoms with Gasteiger partial charge in [0.2, 0.25) is 0 Å². The maximum Gasteiger partial charge on any atom is 0.254 e. The van der Waals surface area contributed by atoms with Crippen LogP contribution in [-0.4, -0.2) is 21.2 Å². The summed E-state index contributed by atoms with van der Waals surface area (Å²) >= 11 is 0. The maximum atomic E-state index is 11.8. The van der Waals surface area contributed by atoms with Crippen LogP contribution in [0, 0.1) is 0 Å². The van der Waals surface area contributed by atoms with Crippen LogP contribution in [0.5, 0.6) is 0 Å². The molecule has 0 aliphatic heterocycles. The number of carbonyl (C=O) groups excluding carboxylic acids is 1. The molecular weight excluding hydrogens is 202 g/mol. The van der Waals surface area contributed by atoms with Crippen LogP contribution in [0.15, 0.2) is 12.4 Å². The van der Waals surface area contributed by atoms with Crippen LogP contribution < -0.4 is 5.32 Å². The minimum absolute atomic E-state index is 0.0435. The van der Waals surface area contributed by atoms with Crippen LogP contribution >= 0.6 is 0 Å². The lowest BCUT2D eigenvalue weighted by molar-refractivity contribution is 0.0919. The molecule has 0 radical (unpaired) electrons. The third kappa shape index (κ3) is 2.43. The molecule has 1 saturated carbocycles. The number of rotatable bonds is 2. The minimum atomic E-state index is -0.199. The van der Waals surface area contributed by atoms with Gasteiger partial charge in [-0.05, 0) is 40.0 Å². The van der Waals surface area contributed by atoms with Crippen molar-refractivity contribution in [1.82, 2.24) is 15.1 Å². The molecule has 0 spiro atoms. The smallest absolute Gasteiger partial charge is 0.254 e. The van der Waals surface area contributed by atoms with Crippen molar-refractivity contribution in [1.29, 1.82) is 0 Å². The lowest BCUT2D eigenvalue weighted by Crippen LogP contribution is -2.40. The summed E-state index contributed by atoms with van der Waals surface area (Å²) in [4.78, 5) is 11.8. The molecule has 16 heavy (non-hydrogen) atoms. The van der Waals surface area contributed by atoms with Crippen LogP contribution in [0.25, 0.3) is 0 Å². The summed E-state index contributed by atoms with van der Waals surface area (Å²) in [6, 6.07) is 0.510. The second-order valence-corrected chi connectivity index (χ2v) is 5.50. The quantitative estimate of drug-likeness (QED) is 0.831. The van der Waals surface area contributed by atoms with Crippen molar-refractivity contribution in [3.8, 4) is 0 Å². The molecule has 1 fully saturated rings. The third-order valence-electron chi connectivity index (χ3n) is 2.80. The molecule has 88 valence electrons. The SMILES string of the molecule is CC(C)(C)NC(=O)c1cnn(C2CCC2)c1. The largest absolute Gasteiger partial charge is 0.347 e. The Balaban J connectivity index is 2.03. The van der Waals surface area contributed by atoms with Gasteiger partial charge in [0.1, 0.15) is 0 Å². The van der Waals surface area contributed by atoms with Gasteiger partial charge in [-0.2, -0.15) is 5.10 Å². The summed E-state index contributed by atoms with van der Waals surface area (Å²) in [5, 5.41) is 7.18. The monoisotopic (exact) mass is 221 g/mol. The van der Waals surface area contributed by atoms with Crippen molar-refractivity contribution in [3.63, 3.8) is 0 Å². The van der Waals surface area contributed by atoms with Crippen molar-refractivity contribution in [2.75, 3.05) is 0 Å². The molecule has 0 unspecified atom stereocenters. The first-order chi connectivity index (χ1) is 7.46. The van der Waals surface area contributed by atoms with E-state index in [1.807, 2.05) is 31.6 Å². The highest BCUT2D eigenvalue weighted by Crippen LogP contribution is 2.30.